The second-order valence-electron chi connectivity index (χ2n) is 4.54. The third-order valence-electron chi connectivity index (χ3n) is 3.09. The van der Waals surface area contributed by atoms with Gasteiger partial charge in [0.05, 0.1) is 12.7 Å². The molecule has 0 saturated carbocycles. The second kappa shape index (κ2) is 4.75. The van der Waals surface area contributed by atoms with Crippen LogP contribution in [0.25, 0.3) is 0 Å². The molecule has 1 aromatic carbocycles. The van der Waals surface area contributed by atoms with Crippen LogP contribution in [0.2, 0.25) is 0 Å². The minimum absolute atomic E-state index is 0.120. The number of amidine groups is 1. The number of ether oxygens (including phenoxy) is 1. The van der Waals surface area contributed by atoms with Crippen molar-refractivity contribution in [2.45, 2.75) is 20.0 Å². The van der Waals surface area contributed by atoms with Crippen LogP contribution < -0.4 is 10.6 Å². The van der Waals surface area contributed by atoms with Gasteiger partial charge in [0.25, 0.3) is 0 Å². The van der Waals surface area contributed by atoms with E-state index in [1.165, 1.54) is 5.69 Å². The maximum atomic E-state index is 7.42. The number of hydrogen-bond donors (Lipinski definition) is 2. The zero-order valence-corrected chi connectivity index (χ0v) is 10.4. The highest BCUT2D eigenvalue weighted by molar-refractivity contribution is 5.95. The minimum atomic E-state index is 0.120. The van der Waals surface area contributed by atoms with Gasteiger partial charge in [-0.1, -0.05) is 0 Å². The van der Waals surface area contributed by atoms with E-state index in [1.54, 1.807) is 0 Å². The van der Waals surface area contributed by atoms with Gasteiger partial charge in [0, 0.05) is 24.3 Å². The molecule has 1 aromatic rings. The first-order valence-electron chi connectivity index (χ1n) is 5.89. The SMILES string of the molecule is Cc1cc(C(=N)N)ccc1N1CCOC(C)C1. The van der Waals surface area contributed by atoms with Gasteiger partial charge >= 0.3 is 0 Å². The molecule has 17 heavy (non-hydrogen) atoms. The fourth-order valence-electron chi connectivity index (χ4n) is 2.22. The molecule has 0 amide bonds. The Bertz CT molecular complexity index is 431. The van der Waals surface area contributed by atoms with Crippen molar-refractivity contribution in [1.29, 1.82) is 5.41 Å². The lowest BCUT2D eigenvalue weighted by Gasteiger charge is -2.34. The Morgan fingerprint density at radius 1 is 1.53 bits per heavy atom. The van der Waals surface area contributed by atoms with Crippen LogP contribution in [-0.4, -0.2) is 31.6 Å². The highest BCUT2D eigenvalue weighted by Crippen LogP contribution is 2.23. The lowest BCUT2D eigenvalue weighted by Crippen LogP contribution is -2.41. The van der Waals surface area contributed by atoms with Crippen LogP contribution >= 0.6 is 0 Å². The Kier molecular flexibility index (Phi) is 3.33. The monoisotopic (exact) mass is 233 g/mol. The molecular weight excluding hydrogens is 214 g/mol. The molecule has 0 aliphatic carbocycles. The molecule has 1 unspecified atom stereocenters. The van der Waals surface area contributed by atoms with Gasteiger partial charge in [0.2, 0.25) is 0 Å². The first-order valence-corrected chi connectivity index (χ1v) is 5.89. The normalized spacial score (nSPS) is 20.4. The van der Waals surface area contributed by atoms with E-state index in [0.717, 1.165) is 30.8 Å². The average molecular weight is 233 g/mol. The zero-order chi connectivity index (χ0) is 12.4. The van der Waals surface area contributed by atoms with E-state index in [1.807, 2.05) is 18.2 Å². The van der Waals surface area contributed by atoms with Crippen LogP contribution in [0.1, 0.15) is 18.1 Å². The molecule has 3 N–H and O–H groups in total. The number of benzene rings is 1. The second-order valence-corrected chi connectivity index (χ2v) is 4.54. The summed E-state index contributed by atoms with van der Waals surface area (Å²) in [5.41, 5.74) is 8.64. The van der Waals surface area contributed by atoms with Crippen LogP contribution in [0.4, 0.5) is 5.69 Å². The molecule has 1 heterocycles. The number of aryl methyl sites for hydroxylation is 1. The highest BCUT2D eigenvalue weighted by atomic mass is 16.5. The molecule has 2 rings (SSSR count). The van der Waals surface area contributed by atoms with E-state index < -0.39 is 0 Å². The minimum Gasteiger partial charge on any atom is -0.384 e. The lowest BCUT2D eigenvalue weighted by atomic mass is 10.1. The maximum absolute atomic E-state index is 7.42. The molecule has 1 aliphatic heterocycles. The number of morpholine rings is 1. The predicted molar refractivity (Wildman–Crippen MR) is 69.8 cm³/mol. The molecule has 4 heteroatoms. The molecule has 0 radical (unpaired) electrons. The summed E-state index contributed by atoms with van der Waals surface area (Å²) in [4.78, 5) is 2.33. The average Bonchev–Trinajstić information content (AvgIpc) is 2.28. The number of rotatable bonds is 2. The van der Waals surface area contributed by atoms with E-state index in [2.05, 4.69) is 18.7 Å². The van der Waals surface area contributed by atoms with E-state index in [-0.39, 0.29) is 11.9 Å². The van der Waals surface area contributed by atoms with Gasteiger partial charge in [-0.3, -0.25) is 5.41 Å². The van der Waals surface area contributed by atoms with Crippen LogP contribution in [0, 0.1) is 12.3 Å². The van der Waals surface area contributed by atoms with Gasteiger partial charge in [-0.2, -0.15) is 0 Å². The van der Waals surface area contributed by atoms with Crippen LogP contribution in [0.15, 0.2) is 18.2 Å². The van der Waals surface area contributed by atoms with E-state index >= 15 is 0 Å². The Morgan fingerprint density at radius 2 is 2.29 bits per heavy atom. The summed E-state index contributed by atoms with van der Waals surface area (Å²) in [6, 6.07) is 5.92. The van der Waals surface area contributed by atoms with Gasteiger partial charge in [-0.15, -0.1) is 0 Å². The first kappa shape index (κ1) is 11.9. The summed E-state index contributed by atoms with van der Waals surface area (Å²) in [5.74, 6) is 0.120. The number of anilines is 1. The van der Waals surface area contributed by atoms with Crippen molar-refractivity contribution in [2.75, 3.05) is 24.6 Å². The topological polar surface area (TPSA) is 62.3 Å². The standard InChI is InChI=1S/C13H19N3O/c1-9-7-11(13(14)15)3-4-12(9)16-5-6-17-10(2)8-16/h3-4,7,10H,5-6,8H2,1-2H3,(H3,14,15). The number of nitrogen functional groups attached to an aromatic ring is 1. The smallest absolute Gasteiger partial charge is 0.122 e. The van der Waals surface area contributed by atoms with Gasteiger partial charge in [0.15, 0.2) is 0 Å². The molecule has 0 aromatic heterocycles. The zero-order valence-electron chi connectivity index (χ0n) is 10.4. The highest BCUT2D eigenvalue weighted by Gasteiger charge is 2.18. The third-order valence-corrected chi connectivity index (χ3v) is 3.09. The van der Waals surface area contributed by atoms with Crippen molar-refractivity contribution < 1.29 is 4.74 Å². The van der Waals surface area contributed by atoms with Gasteiger partial charge in [0.1, 0.15) is 5.84 Å². The lowest BCUT2D eigenvalue weighted by molar-refractivity contribution is 0.0532. The fourth-order valence-corrected chi connectivity index (χ4v) is 2.22. The third kappa shape index (κ3) is 2.58. The Labute approximate surface area is 102 Å². The summed E-state index contributed by atoms with van der Waals surface area (Å²) in [6.45, 7) is 6.76. The van der Waals surface area contributed by atoms with Crippen molar-refractivity contribution in [3.63, 3.8) is 0 Å². The van der Waals surface area contributed by atoms with E-state index in [0.29, 0.717) is 0 Å². The molecule has 1 saturated heterocycles. The van der Waals surface area contributed by atoms with Crippen LogP contribution in [-0.2, 0) is 4.74 Å². The van der Waals surface area contributed by atoms with Crippen molar-refractivity contribution in [2.24, 2.45) is 5.73 Å². The summed E-state index contributed by atoms with van der Waals surface area (Å²) >= 11 is 0. The molecule has 4 nitrogen and oxygen atoms in total. The van der Waals surface area contributed by atoms with Crippen molar-refractivity contribution in [3.8, 4) is 0 Å². The predicted octanol–water partition coefficient (Wildman–Crippen LogP) is 1.50. The quantitative estimate of drug-likeness (QED) is 0.601. The first-order chi connectivity index (χ1) is 8.08. The fraction of sp³-hybridized carbons (Fsp3) is 0.462. The molecule has 0 bridgehead atoms. The Balaban J connectivity index is 2.23. The number of nitrogens with two attached hydrogens (primary N) is 1. The molecule has 92 valence electrons. The molecule has 1 aliphatic rings. The van der Waals surface area contributed by atoms with Crippen molar-refractivity contribution in [3.05, 3.63) is 29.3 Å². The van der Waals surface area contributed by atoms with Gasteiger partial charge in [-0.25, -0.2) is 0 Å². The van der Waals surface area contributed by atoms with E-state index in [4.69, 9.17) is 15.9 Å². The number of nitrogens with one attached hydrogen (secondary N) is 1. The summed E-state index contributed by atoms with van der Waals surface area (Å²) in [5, 5.41) is 7.42. The molecule has 0 spiro atoms. The number of hydrogen-bond acceptors (Lipinski definition) is 3. The van der Waals surface area contributed by atoms with Gasteiger partial charge in [-0.05, 0) is 37.6 Å². The van der Waals surface area contributed by atoms with Gasteiger partial charge < -0.3 is 15.4 Å². The van der Waals surface area contributed by atoms with E-state index in [9.17, 15) is 0 Å². The summed E-state index contributed by atoms with van der Waals surface area (Å²) in [6.07, 6.45) is 0.274. The summed E-state index contributed by atoms with van der Waals surface area (Å²) < 4.78 is 5.54. The number of nitrogens with zero attached hydrogens (tertiary/aromatic N) is 1. The van der Waals surface area contributed by atoms with Crippen LogP contribution in [0.5, 0.6) is 0 Å². The van der Waals surface area contributed by atoms with Crippen LogP contribution in [0.3, 0.4) is 0 Å². The summed E-state index contributed by atoms with van der Waals surface area (Å²) in [7, 11) is 0. The maximum Gasteiger partial charge on any atom is 0.122 e. The molecule has 1 atom stereocenters. The van der Waals surface area contributed by atoms with Crippen molar-refractivity contribution >= 4 is 11.5 Å². The largest absolute Gasteiger partial charge is 0.384 e. The molecule has 1 fully saturated rings. The Hall–Kier alpha value is -1.55. The van der Waals surface area contributed by atoms with Crippen molar-refractivity contribution in [1.82, 2.24) is 0 Å². The molecular formula is C13H19N3O. The Morgan fingerprint density at radius 3 is 2.88 bits per heavy atom.